The molecule has 0 bridgehead atoms. The number of aliphatic hydroxyl groups excluding tert-OH is 1. The first-order valence-electron chi connectivity index (χ1n) is 15.0. The Hall–Kier alpha value is 0.137. The van der Waals surface area contributed by atoms with E-state index >= 15 is 0 Å². The third-order valence-electron chi connectivity index (χ3n) is 7.96. The van der Waals surface area contributed by atoms with Crippen LogP contribution in [0.5, 0.6) is 0 Å². The molecule has 0 amide bonds. The molecular formula is C29H60O2Si. The third kappa shape index (κ3) is 13.7. The predicted octanol–water partition coefficient (Wildman–Crippen LogP) is 9.13. The van der Waals surface area contributed by atoms with E-state index in [0.717, 1.165) is 19.4 Å². The zero-order valence-corrected chi connectivity index (χ0v) is 23.6. The minimum Gasteiger partial charge on any atom is -0.390 e. The summed E-state index contributed by atoms with van der Waals surface area (Å²) in [6, 6.07) is 0. The first kappa shape index (κ1) is 30.2. The van der Waals surface area contributed by atoms with Gasteiger partial charge in [-0.05, 0) is 25.7 Å². The molecule has 0 aromatic carbocycles. The van der Waals surface area contributed by atoms with Crippen molar-refractivity contribution in [2.24, 2.45) is 0 Å². The fourth-order valence-corrected chi connectivity index (χ4v) is 7.77. The highest BCUT2D eigenvalue weighted by Gasteiger charge is 2.43. The van der Waals surface area contributed by atoms with Crippen LogP contribution in [-0.2, 0) is 4.74 Å². The third-order valence-corrected chi connectivity index (χ3v) is 10.7. The van der Waals surface area contributed by atoms with Crippen LogP contribution in [0.2, 0.25) is 13.1 Å². The number of hydrogen-bond acceptors (Lipinski definition) is 2. The molecule has 1 aliphatic rings. The van der Waals surface area contributed by atoms with Gasteiger partial charge in [0.25, 0.3) is 0 Å². The summed E-state index contributed by atoms with van der Waals surface area (Å²) in [5, 5.41) is 10.7. The summed E-state index contributed by atoms with van der Waals surface area (Å²) in [6.07, 6.45) is 31.1. The van der Waals surface area contributed by atoms with Gasteiger partial charge < -0.3 is 9.84 Å². The molecule has 0 aromatic rings. The van der Waals surface area contributed by atoms with Gasteiger partial charge in [0.2, 0.25) is 0 Å². The minimum atomic E-state index is -1.02. The molecular weight excluding hydrogens is 408 g/mol. The minimum absolute atomic E-state index is 0.132. The molecule has 3 heteroatoms. The van der Waals surface area contributed by atoms with E-state index in [-0.39, 0.29) is 11.3 Å². The van der Waals surface area contributed by atoms with Gasteiger partial charge in [-0.2, -0.15) is 0 Å². The molecule has 1 saturated heterocycles. The van der Waals surface area contributed by atoms with E-state index in [9.17, 15) is 5.11 Å². The molecule has 0 spiro atoms. The van der Waals surface area contributed by atoms with Gasteiger partial charge in [-0.1, -0.05) is 142 Å². The molecule has 1 rings (SSSR count). The fraction of sp³-hybridized carbons (Fsp3) is 1.00. The van der Waals surface area contributed by atoms with E-state index in [4.69, 9.17) is 4.74 Å². The first-order valence-corrected chi connectivity index (χ1v) is 17.8. The highest BCUT2D eigenvalue weighted by Crippen LogP contribution is 2.33. The Labute approximate surface area is 204 Å². The maximum atomic E-state index is 10.8. The number of hydrogen-bond donors (Lipinski definition) is 1. The van der Waals surface area contributed by atoms with Crippen molar-refractivity contribution in [1.29, 1.82) is 0 Å². The number of aliphatic hydroxyl groups is 1. The van der Waals surface area contributed by atoms with Crippen LogP contribution < -0.4 is 0 Å². The van der Waals surface area contributed by atoms with Gasteiger partial charge >= 0.3 is 0 Å². The predicted molar refractivity (Wildman–Crippen MR) is 145 cm³/mol. The molecule has 2 unspecified atom stereocenters. The van der Waals surface area contributed by atoms with Gasteiger partial charge in [0.05, 0.1) is 20.1 Å². The van der Waals surface area contributed by atoms with Gasteiger partial charge in [-0.3, -0.25) is 0 Å². The molecule has 1 fully saturated rings. The zero-order valence-electron chi connectivity index (χ0n) is 22.5. The van der Waals surface area contributed by atoms with E-state index in [0.29, 0.717) is 0 Å². The van der Waals surface area contributed by atoms with Crippen LogP contribution >= 0.6 is 0 Å². The summed E-state index contributed by atoms with van der Waals surface area (Å²) >= 11 is 0. The van der Waals surface area contributed by atoms with Crippen LogP contribution in [-0.4, -0.2) is 31.8 Å². The lowest BCUT2D eigenvalue weighted by atomic mass is 9.98. The standard InChI is InChI=1S/C29H60O2Si/c1-4-5-6-7-8-9-10-11-12-13-14-15-16-17-18-19-20-21-22-25-28(30)29(32(2)3)26-23-24-27-31-29/h28,30,32H,4-27H2,1-3H3. The van der Waals surface area contributed by atoms with E-state index in [1.807, 2.05) is 0 Å². The van der Waals surface area contributed by atoms with Crippen molar-refractivity contribution in [3.8, 4) is 0 Å². The normalized spacial score (nSPS) is 20.2. The SMILES string of the molecule is CCCCCCCCCCCCCCCCCCCCCC(O)C1([SiH](C)C)CCCCO1. The summed E-state index contributed by atoms with van der Waals surface area (Å²) in [5.41, 5.74) is 0. The van der Waals surface area contributed by atoms with Crippen molar-refractivity contribution in [3.63, 3.8) is 0 Å². The number of unbranched alkanes of at least 4 members (excludes halogenated alkanes) is 18. The van der Waals surface area contributed by atoms with Crippen LogP contribution in [0.3, 0.4) is 0 Å². The zero-order chi connectivity index (χ0) is 23.3. The Morgan fingerprint density at radius 2 is 1.06 bits per heavy atom. The Bertz CT molecular complexity index is 393. The van der Waals surface area contributed by atoms with Gasteiger partial charge in [-0.25, -0.2) is 0 Å². The molecule has 0 aromatic heterocycles. The molecule has 1 aliphatic heterocycles. The lowest BCUT2D eigenvalue weighted by Crippen LogP contribution is -2.56. The lowest BCUT2D eigenvalue weighted by Gasteiger charge is -2.44. The molecule has 2 atom stereocenters. The van der Waals surface area contributed by atoms with Gasteiger partial charge in [-0.15, -0.1) is 0 Å². The van der Waals surface area contributed by atoms with E-state index in [2.05, 4.69) is 20.0 Å². The van der Waals surface area contributed by atoms with Crippen molar-refractivity contribution in [3.05, 3.63) is 0 Å². The maximum absolute atomic E-state index is 10.8. The van der Waals surface area contributed by atoms with Crippen LogP contribution in [0.25, 0.3) is 0 Å². The van der Waals surface area contributed by atoms with Crippen LogP contribution in [0.4, 0.5) is 0 Å². The average Bonchev–Trinajstić information content (AvgIpc) is 2.80. The van der Waals surface area contributed by atoms with E-state index in [1.54, 1.807) is 0 Å². The van der Waals surface area contributed by atoms with Crippen molar-refractivity contribution < 1.29 is 9.84 Å². The summed E-state index contributed by atoms with van der Waals surface area (Å²) in [4.78, 5) is 0. The number of rotatable bonds is 22. The van der Waals surface area contributed by atoms with Crippen molar-refractivity contribution in [2.75, 3.05) is 6.61 Å². The highest BCUT2D eigenvalue weighted by atomic mass is 28.3. The molecule has 0 saturated carbocycles. The highest BCUT2D eigenvalue weighted by molar-refractivity contribution is 6.59. The lowest BCUT2D eigenvalue weighted by molar-refractivity contribution is -0.100. The van der Waals surface area contributed by atoms with Gasteiger partial charge in [0.1, 0.15) is 0 Å². The summed E-state index contributed by atoms with van der Waals surface area (Å²) < 4.78 is 6.19. The molecule has 2 nitrogen and oxygen atoms in total. The first-order chi connectivity index (χ1) is 15.6. The molecule has 1 N–H and O–H groups in total. The molecule has 0 radical (unpaired) electrons. The average molecular weight is 469 g/mol. The Kier molecular flexibility index (Phi) is 19.3. The Morgan fingerprint density at radius 1 is 0.656 bits per heavy atom. The van der Waals surface area contributed by atoms with Crippen LogP contribution in [0.1, 0.15) is 155 Å². The summed E-state index contributed by atoms with van der Waals surface area (Å²) in [5.74, 6) is 0. The van der Waals surface area contributed by atoms with Crippen molar-refractivity contribution >= 4 is 8.80 Å². The molecule has 32 heavy (non-hydrogen) atoms. The Balaban J connectivity index is 1.82. The summed E-state index contributed by atoms with van der Waals surface area (Å²) in [7, 11) is -1.02. The summed E-state index contributed by atoms with van der Waals surface area (Å²) in [6.45, 7) is 7.86. The second-order valence-electron chi connectivity index (χ2n) is 11.1. The number of ether oxygens (including phenoxy) is 1. The van der Waals surface area contributed by atoms with Crippen LogP contribution in [0, 0.1) is 0 Å². The van der Waals surface area contributed by atoms with Gasteiger partial charge in [0.15, 0.2) is 0 Å². The Morgan fingerprint density at radius 3 is 1.41 bits per heavy atom. The second kappa shape index (κ2) is 20.5. The second-order valence-corrected chi connectivity index (χ2v) is 14.4. The van der Waals surface area contributed by atoms with Crippen molar-refractivity contribution in [1.82, 2.24) is 0 Å². The fourth-order valence-electron chi connectivity index (χ4n) is 5.60. The monoisotopic (exact) mass is 468 g/mol. The van der Waals surface area contributed by atoms with E-state index < -0.39 is 8.80 Å². The van der Waals surface area contributed by atoms with Crippen LogP contribution in [0.15, 0.2) is 0 Å². The van der Waals surface area contributed by atoms with E-state index in [1.165, 1.54) is 135 Å². The molecule has 192 valence electrons. The van der Waals surface area contributed by atoms with Gasteiger partial charge in [0, 0.05) is 6.61 Å². The maximum Gasteiger partial charge on any atom is 0.0800 e. The molecule has 1 heterocycles. The topological polar surface area (TPSA) is 29.5 Å². The van der Waals surface area contributed by atoms with Crippen molar-refractivity contribution in [2.45, 2.75) is 179 Å². The molecule has 0 aliphatic carbocycles. The quantitative estimate of drug-likeness (QED) is 0.127. The largest absolute Gasteiger partial charge is 0.390 e. The smallest absolute Gasteiger partial charge is 0.0800 e.